The predicted octanol–water partition coefficient (Wildman–Crippen LogP) is 0.820. The lowest BCUT2D eigenvalue weighted by Crippen LogP contribution is -2.39. The van der Waals surface area contributed by atoms with Crippen molar-refractivity contribution in [3.8, 4) is 0 Å². The van der Waals surface area contributed by atoms with Gasteiger partial charge in [0.15, 0.2) is 0 Å². The lowest BCUT2D eigenvalue weighted by Gasteiger charge is -2.31. The molecule has 0 atom stereocenters. The number of amides is 1. The number of pyridine rings is 1. The van der Waals surface area contributed by atoms with E-state index in [1.165, 1.54) is 0 Å². The highest BCUT2D eigenvalue weighted by Crippen LogP contribution is 2.26. The summed E-state index contributed by atoms with van der Waals surface area (Å²) in [4.78, 5) is 15.9. The van der Waals surface area contributed by atoms with E-state index in [1.807, 2.05) is 19.1 Å². The SMILES string of the molecule is Cc1cccnc1CC(=O)NCC1CC(O)C1. The van der Waals surface area contributed by atoms with Gasteiger partial charge in [-0.1, -0.05) is 6.07 Å². The van der Waals surface area contributed by atoms with Gasteiger partial charge in [0.25, 0.3) is 0 Å². The number of aryl methyl sites for hydroxylation is 1. The third-order valence-electron chi connectivity index (χ3n) is 3.24. The molecule has 1 heterocycles. The standard InChI is InChI=1S/C13H18N2O2/c1-9-3-2-4-14-12(9)7-13(17)15-8-10-5-11(16)6-10/h2-4,10-11,16H,5-8H2,1H3,(H,15,17). The minimum absolute atomic E-state index is 0.00758. The van der Waals surface area contributed by atoms with Gasteiger partial charge in [-0.3, -0.25) is 9.78 Å². The van der Waals surface area contributed by atoms with Gasteiger partial charge in [-0.15, -0.1) is 0 Å². The first-order chi connectivity index (χ1) is 8.15. The van der Waals surface area contributed by atoms with Crippen LogP contribution in [0.25, 0.3) is 0 Å². The Kier molecular flexibility index (Phi) is 3.74. The smallest absolute Gasteiger partial charge is 0.226 e. The molecule has 1 aliphatic rings. The first-order valence-corrected chi connectivity index (χ1v) is 6.00. The average Bonchev–Trinajstić information content (AvgIpc) is 2.26. The van der Waals surface area contributed by atoms with Crippen LogP contribution >= 0.6 is 0 Å². The summed E-state index contributed by atoms with van der Waals surface area (Å²) < 4.78 is 0. The van der Waals surface area contributed by atoms with Gasteiger partial charge in [-0.05, 0) is 37.3 Å². The summed E-state index contributed by atoms with van der Waals surface area (Å²) in [6, 6.07) is 3.82. The third kappa shape index (κ3) is 3.27. The Labute approximate surface area is 101 Å². The molecule has 1 saturated carbocycles. The first kappa shape index (κ1) is 12.0. The molecular weight excluding hydrogens is 216 g/mol. The fraction of sp³-hybridized carbons (Fsp3) is 0.538. The van der Waals surface area contributed by atoms with Crippen LogP contribution in [0.2, 0.25) is 0 Å². The second kappa shape index (κ2) is 5.27. The molecule has 92 valence electrons. The van der Waals surface area contributed by atoms with E-state index in [-0.39, 0.29) is 12.0 Å². The van der Waals surface area contributed by atoms with E-state index in [0.717, 1.165) is 24.1 Å². The zero-order valence-corrected chi connectivity index (χ0v) is 10.0. The highest BCUT2D eigenvalue weighted by molar-refractivity contribution is 5.78. The lowest BCUT2D eigenvalue weighted by atomic mass is 9.82. The summed E-state index contributed by atoms with van der Waals surface area (Å²) in [5.74, 6) is 0.451. The van der Waals surface area contributed by atoms with Crippen LogP contribution in [0.15, 0.2) is 18.3 Å². The minimum Gasteiger partial charge on any atom is -0.393 e. The lowest BCUT2D eigenvalue weighted by molar-refractivity contribution is -0.121. The van der Waals surface area contributed by atoms with Crippen LogP contribution in [-0.2, 0) is 11.2 Å². The van der Waals surface area contributed by atoms with Gasteiger partial charge >= 0.3 is 0 Å². The summed E-state index contributed by atoms with van der Waals surface area (Å²) in [5, 5.41) is 12.0. The number of aromatic nitrogens is 1. The Morgan fingerprint density at radius 1 is 1.59 bits per heavy atom. The summed E-state index contributed by atoms with van der Waals surface area (Å²) in [5.41, 5.74) is 1.88. The van der Waals surface area contributed by atoms with Gasteiger partial charge in [0, 0.05) is 12.7 Å². The van der Waals surface area contributed by atoms with Crippen molar-refractivity contribution in [2.24, 2.45) is 5.92 Å². The van der Waals surface area contributed by atoms with E-state index >= 15 is 0 Å². The molecule has 0 saturated heterocycles. The molecule has 0 bridgehead atoms. The number of carbonyl (C=O) groups excluding carboxylic acids is 1. The first-order valence-electron chi connectivity index (χ1n) is 6.00. The van der Waals surface area contributed by atoms with Crippen LogP contribution in [0.4, 0.5) is 0 Å². The molecule has 1 aromatic heterocycles. The minimum atomic E-state index is -0.157. The van der Waals surface area contributed by atoms with E-state index in [9.17, 15) is 4.79 Å². The van der Waals surface area contributed by atoms with Crippen molar-refractivity contribution < 1.29 is 9.90 Å². The number of aliphatic hydroxyl groups excluding tert-OH is 1. The van der Waals surface area contributed by atoms with Crippen molar-refractivity contribution in [1.29, 1.82) is 0 Å². The summed E-state index contributed by atoms with van der Waals surface area (Å²) in [6.45, 7) is 2.62. The van der Waals surface area contributed by atoms with E-state index in [2.05, 4.69) is 10.3 Å². The molecule has 1 aliphatic carbocycles. The highest BCUT2D eigenvalue weighted by Gasteiger charge is 2.27. The Hall–Kier alpha value is -1.42. The van der Waals surface area contributed by atoms with Crippen LogP contribution in [0.1, 0.15) is 24.1 Å². The van der Waals surface area contributed by atoms with Crippen molar-refractivity contribution >= 4 is 5.91 Å². The maximum Gasteiger partial charge on any atom is 0.226 e. The number of carbonyl (C=O) groups is 1. The van der Waals surface area contributed by atoms with Gasteiger partial charge in [0.2, 0.25) is 5.91 Å². The number of aliphatic hydroxyl groups is 1. The zero-order chi connectivity index (χ0) is 12.3. The molecule has 4 nitrogen and oxygen atoms in total. The normalized spacial score (nSPS) is 22.9. The number of nitrogens with one attached hydrogen (secondary N) is 1. The second-order valence-corrected chi connectivity index (χ2v) is 4.74. The summed E-state index contributed by atoms with van der Waals surface area (Å²) in [7, 11) is 0. The molecule has 1 aromatic rings. The fourth-order valence-electron chi connectivity index (χ4n) is 2.04. The second-order valence-electron chi connectivity index (χ2n) is 4.74. The van der Waals surface area contributed by atoms with Crippen molar-refractivity contribution in [3.05, 3.63) is 29.6 Å². The van der Waals surface area contributed by atoms with Crippen molar-refractivity contribution in [2.75, 3.05) is 6.54 Å². The number of hydrogen-bond donors (Lipinski definition) is 2. The number of nitrogens with zero attached hydrogens (tertiary/aromatic N) is 1. The summed E-state index contributed by atoms with van der Waals surface area (Å²) in [6.07, 6.45) is 3.50. The monoisotopic (exact) mass is 234 g/mol. The van der Waals surface area contributed by atoms with E-state index in [4.69, 9.17) is 5.11 Å². The quantitative estimate of drug-likeness (QED) is 0.810. The van der Waals surface area contributed by atoms with Crippen LogP contribution in [-0.4, -0.2) is 28.6 Å². The van der Waals surface area contributed by atoms with Crippen molar-refractivity contribution in [1.82, 2.24) is 10.3 Å². The molecule has 1 amide bonds. The molecule has 2 N–H and O–H groups in total. The van der Waals surface area contributed by atoms with E-state index in [0.29, 0.717) is 18.9 Å². The Bertz CT molecular complexity index is 400. The van der Waals surface area contributed by atoms with Crippen molar-refractivity contribution in [2.45, 2.75) is 32.3 Å². The molecule has 4 heteroatoms. The fourth-order valence-corrected chi connectivity index (χ4v) is 2.04. The molecule has 0 radical (unpaired) electrons. The van der Waals surface area contributed by atoms with Crippen molar-refractivity contribution in [3.63, 3.8) is 0 Å². The molecular formula is C13H18N2O2. The molecule has 0 spiro atoms. The molecule has 0 unspecified atom stereocenters. The maximum atomic E-state index is 11.7. The maximum absolute atomic E-state index is 11.7. The van der Waals surface area contributed by atoms with Gasteiger partial charge < -0.3 is 10.4 Å². The third-order valence-corrected chi connectivity index (χ3v) is 3.24. The Balaban J connectivity index is 1.76. The topological polar surface area (TPSA) is 62.2 Å². The largest absolute Gasteiger partial charge is 0.393 e. The van der Waals surface area contributed by atoms with Crippen LogP contribution in [0.3, 0.4) is 0 Å². The molecule has 17 heavy (non-hydrogen) atoms. The Morgan fingerprint density at radius 2 is 2.35 bits per heavy atom. The molecule has 1 fully saturated rings. The van der Waals surface area contributed by atoms with Gasteiger partial charge in [0.05, 0.1) is 18.2 Å². The zero-order valence-electron chi connectivity index (χ0n) is 10.0. The van der Waals surface area contributed by atoms with E-state index < -0.39 is 0 Å². The average molecular weight is 234 g/mol. The van der Waals surface area contributed by atoms with Gasteiger partial charge in [-0.2, -0.15) is 0 Å². The molecule has 2 rings (SSSR count). The predicted molar refractivity (Wildman–Crippen MR) is 64.4 cm³/mol. The van der Waals surface area contributed by atoms with Crippen LogP contribution in [0.5, 0.6) is 0 Å². The van der Waals surface area contributed by atoms with E-state index in [1.54, 1.807) is 6.20 Å². The molecule has 0 aromatic carbocycles. The summed E-state index contributed by atoms with van der Waals surface area (Å²) >= 11 is 0. The molecule has 0 aliphatic heterocycles. The van der Waals surface area contributed by atoms with Crippen LogP contribution < -0.4 is 5.32 Å². The van der Waals surface area contributed by atoms with Gasteiger partial charge in [-0.25, -0.2) is 0 Å². The highest BCUT2D eigenvalue weighted by atomic mass is 16.3. The van der Waals surface area contributed by atoms with Gasteiger partial charge in [0.1, 0.15) is 0 Å². The Morgan fingerprint density at radius 3 is 3.00 bits per heavy atom. The number of rotatable bonds is 4. The van der Waals surface area contributed by atoms with Crippen LogP contribution in [0, 0.1) is 12.8 Å². The number of hydrogen-bond acceptors (Lipinski definition) is 3.